The number of aryl methyl sites for hydroxylation is 1. The summed E-state index contributed by atoms with van der Waals surface area (Å²) in [7, 11) is 1.98. The fourth-order valence-corrected chi connectivity index (χ4v) is 4.02. The smallest absolute Gasteiger partial charge is 0.309 e. The summed E-state index contributed by atoms with van der Waals surface area (Å²) in [5.74, 6) is 0.703. The predicted molar refractivity (Wildman–Crippen MR) is 98.5 cm³/mol. The molecule has 1 aromatic carbocycles. The molecular weight excluding hydrogens is 444 g/mol. The highest BCUT2D eigenvalue weighted by molar-refractivity contribution is 9.11. The Morgan fingerprint density at radius 2 is 2.17 bits per heavy atom. The molecule has 0 bridgehead atoms. The van der Waals surface area contributed by atoms with E-state index in [0.29, 0.717) is 11.6 Å². The molecule has 0 fully saturated rings. The fourth-order valence-electron chi connectivity index (χ4n) is 2.12. The van der Waals surface area contributed by atoms with Crippen molar-refractivity contribution in [2.75, 3.05) is 11.1 Å². The summed E-state index contributed by atoms with van der Waals surface area (Å²) in [6, 6.07) is 9.87. The van der Waals surface area contributed by atoms with Crippen LogP contribution in [-0.2, 0) is 11.8 Å². The third kappa shape index (κ3) is 3.76. The first kappa shape index (κ1) is 16.5. The summed E-state index contributed by atoms with van der Waals surface area (Å²) in [6.07, 6.45) is 1.64. The topological polar surface area (TPSA) is 61.7 Å². The first-order chi connectivity index (χ1) is 11.0. The molecule has 0 spiro atoms. The number of rotatable bonds is 4. The monoisotopic (exact) mass is 455 g/mol. The van der Waals surface area contributed by atoms with Crippen LogP contribution in [0.2, 0.25) is 0 Å². The number of nitrogens with zero attached hydrogens (tertiary/aromatic N) is 2. The van der Waals surface area contributed by atoms with Crippen molar-refractivity contribution in [3.8, 4) is 0 Å². The van der Waals surface area contributed by atoms with E-state index in [4.69, 9.17) is 0 Å². The molecule has 118 valence electrons. The first-order valence-corrected chi connectivity index (χ1v) is 9.32. The minimum absolute atomic E-state index is 0.107. The maximum absolute atomic E-state index is 12.1. The number of carbonyl (C=O) groups is 1. The molecule has 2 heterocycles. The largest absolute Gasteiger partial charge is 0.317 e. The number of thioether (sulfide) groups is 1. The Balaban J connectivity index is 1.67. The third-order valence-electron chi connectivity index (χ3n) is 3.22. The average Bonchev–Trinajstić information content (AvgIpc) is 2.85. The van der Waals surface area contributed by atoms with Gasteiger partial charge in [-0.3, -0.25) is 4.79 Å². The highest BCUT2D eigenvalue weighted by atomic mass is 79.9. The summed E-state index contributed by atoms with van der Waals surface area (Å²) >= 11 is 8.17. The van der Waals surface area contributed by atoms with Crippen LogP contribution >= 0.6 is 43.6 Å². The van der Waals surface area contributed by atoms with Crippen molar-refractivity contribution >= 4 is 66.4 Å². The molecule has 0 saturated carbocycles. The van der Waals surface area contributed by atoms with Gasteiger partial charge in [0.2, 0.25) is 5.91 Å². The van der Waals surface area contributed by atoms with Crippen LogP contribution in [0.3, 0.4) is 0 Å². The normalized spacial score (nSPS) is 10.9. The van der Waals surface area contributed by atoms with Gasteiger partial charge in [0, 0.05) is 10.7 Å². The number of aromatic amines is 1. The standard InChI is InChI=1S/C15H12Br2N4OS/c1-21-12-5-3-2-4-11(12)19-15(21)23-8-13(22)20-14-10(17)6-9(16)7-18-14/h2-7H,8H2,1H3,(H,18,20,22)/p+1. The number of fused-ring (bicyclic) bond motifs is 1. The first-order valence-electron chi connectivity index (χ1n) is 6.75. The second-order valence-electron chi connectivity index (χ2n) is 4.83. The molecule has 1 amide bonds. The number of anilines is 1. The number of amides is 1. The Hall–Kier alpha value is -1.38. The fraction of sp³-hybridized carbons (Fsp3) is 0.133. The lowest BCUT2D eigenvalue weighted by Gasteiger charge is -2.05. The number of carbonyl (C=O) groups excluding carboxylic acids is 1. The number of halogens is 2. The zero-order chi connectivity index (χ0) is 16.4. The van der Waals surface area contributed by atoms with Gasteiger partial charge >= 0.3 is 5.16 Å². The van der Waals surface area contributed by atoms with Crippen molar-refractivity contribution in [1.82, 2.24) is 9.97 Å². The molecule has 0 saturated heterocycles. The molecule has 3 rings (SSSR count). The molecule has 0 radical (unpaired) electrons. The summed E-state index contributed by atoms with van der Waals surface area (Å²) in [6.45, 7) is 0. The molecule has 23 heavy (non-hydrogen) atoms. The van der Waals surface area contributed by atoms with E-state index in [1.165, 1.54) is 11.8 Å². The van der Waals surface area contributed by atoms with Crippen molar-refractivity contribution in [2.24, 2.45) is 7.05 Å². The number of hydrogen-bond donors (Lipinski definition) is 2. The second kappa shape index (κ2) is 7.02. The lowest BCUT2D eigenvalue weighted by Crippen LogP contribution is -2.29. The van der Waals surface area contributed by atoms with E-state index in [9.17, 15) is 4.79 Å². The Morgan fingerprint density at radius 1 is 1.39 bits per heavy atom. The van der Waals surface area contributed by atoms with Crippen LogP contribution < -0.4 is 9.88 Å². The predicted octanol–water partition coefficient (Wildman–Crippen LogP) is 3.64. The SMILES string of the molecule is C[n+]1c(SCC(=O)Nc2ncc(Br)cc2Br)[nH]c2ccccc21. The van der Waals surface area contributed by atoms with Crippen LogP contribution in [0.4, 0.5) is 5.82 Å². The quantitative estimate of drug-likeness (QED) is 0.465. The average molecular weight is 457 g/mol. The Bertz CT molecular complexity index is 881. The van der Waals surface area contributed by atoms with E-state index in [2.05, 4.69) is 47.1 Å². The number of hydrogen-bond acceptors (Lipinski definition) is 3. The van der Waals surface area contributed by atoms with E-state index in [0.717, 1.165) is 25.1 Å². The molecule has 0 aliphatic carbocycles. The Labute approximate surface area is 154 Å². The van der Waals surface area contributed by atoms with Gasteiger partial charge in [-0.1, -0.05) is 12.1 Å². The van der Waals surface area contributed by atoms with Gasteiger partial charge in [-0.25, -0.2) is 14.5 Å². The van der Waals surface area contributed by atoms with E-state index in [1.54, 1.807) is 6.20 Å². The molecule has 0 aliphatic rings. The maximum Gasteiger partial charge on any atom is 0.317 e. The molecular formula is C15H13Br2N4OS+. The molecule has 0 atom stereocenters. The van der Waals surface area contributed by atoms with Gasteiger partial charge in [-0.15, -0.1) is 0 Å². The van der Waals surface area contributed by atoms with Crippen molar-refractivity contribution in [3.05, 3.63) is 45.5 Å². The van der Waals surface area contributed by atoms with Gasteiger partial charge in [0.1, 0.15) is 5.82 Å². The molecule has 8 heteroatoms. The van der Waals surface area contributed by atoms with Gasteiger partial charge in [0.05, 0.1) is 17.3 Å². The van der Waals surface area contributed by atoms with Crippen LogP contribution in [0.1, 0.15) is 0 Å². The third-order valence-corrected chi connectivity index (χ3v) is 5.31. The summed E-state index contributed by atoms with van der Waals surface area (Å²) in [4.78, 5) is 19.6. The number of para-hydroxylation sites is 2. The van der Waals surface area contributed by atoms with Crippen molar-refractivity contribution in [1.29, 1.82) is 0 Å². The number of pyridine rings is 1. The van der Waals surface area contributed by atoms with E-state index < -0.39 is 0 Å². The molecule has 0 aliphatic heterocycles. The summed E-state index contributed by atoms with van der Waals surface area (Å²) in [5.41, 5.74) is 2.16. The number of nitrogens with one attached hydrogen (secondary N) is 2. The Morgan fingerprint density at radius 3 is 2.91 bits per heavy atom. The molecule has 3 aromatic rings. The number of benzene rings is 1. The lowest BCUT2D eigenvalue weighted by molar-refractivity contribution is -0.683. The van der Waals surface area contributed by atoms with E-state index in [-0.39, 0.29) is 5.91 Å². The molecule has 2 N–H and O–H groups in total. The van der Waals surface area contributed by atoms with Crippen molar-refractivity contribution in [3.63, 3.8) is 0 Å². The zero-order valence-corrected chi connectivity index (χ0v) is 16.1. The highest BCUT2D eigenvalue weighted by Crippen LogP contribution is 2.24. The minimum atomic E-state index is -0.107. The van der Waals surface area contributed by atoms with Crippen LogP contribution in [0.15, 0.2) is 50.6 Å². The summed E-state index contributed by atoms with van der Waals surface area (Å²) < 4.78 is 3.63. The van der Waals surface area contributed by atoms with Gasteiger partial charge in [0.25, 0.3) is 0 Å². The van der Waals surface area contributed by atoms with Crippen molar-refractivity contribution in [2.45, 2.75) is 5.16 Å². The Kier molecular flexibility index (Phi) is 5.03. The highest BCUT2D eigenvalue weighted by Gasteiger charge is 2.17. The van der Waals surface area contributed by atoms with Crippen molar-refractivity contribution < 1.29 is 9.36 Å². The van der Waals surface area contributed by atoms with E-state index in [1.807, 2.05) is 41.9 Å². The number of imidazole rings is 1. The molecule has 0 unspecified atom stereocenters. The van der Waals surface area contributed by atoms with Crippen LogP contribution in [0.25, 0.3) is 11.0 Å². The number of aromatic nitrogens is 3. The van der Waals surface area contributed by atoms with Gasteiger partial charge in [-0.2, -0.15) is 0 Å². The second-order valence-corrected chi connectivity index (χ2v) is 7.56. The van der Waals surface area contributed by atoms with Gasteiger partial charge < -0.3 is 5.32 Å². The minimum Gasteiger partial charge on any atom is -0.309 e. The zero-order valence-electron chi connectivity index (χ0n) is 12.1. The molecule has 2 aromatic heterocycles. The molecule has 5 nitrogen and oxygen atoms in total. The van der Waals surface area contributed by atoms with E-state index >= 15 is 0 Å². The number of H-pyrrole nitrogens is 1. The van der Waals surface area contributed by atoms with Crippen LogP contribution in [0.5, 0.6) is 0 Å². The lowest BCUT2D eigenvalue weighted by atomic mass is 10.3. The summed E-state index contributed by atoms with van der Waals surface area (Å²) in [5, 5.41) is 3.73. The van der Waals surface area contributed by atoms with Gasteiger partial charge in [-0.05, 0) is 61.8 Å². The van der Waals surface area contributed by atoms with Gasteiger partial charge in [0.15, 0.2) is 11.0 Å². The van der Waals surface area contributed by atoms with Crippen LogP contribution in [0, 0.1) is 0 Å². The van der Waals surface area contributed by atoms with Crippen LogP contribution in [-0.4, -0.2) is 21.6 Å². The maximum atomic E-state index is 12.1.